The number of hydrogen-bond donors (Lipinski definition) is 1. The van der Waals surface area contributed by atoms with Crippen molar-refractivity contribution in [3.63, 3.8) is 0 Å². The van der Waals surface area contributed by atoms with Crippen molar-refractivity contribution in [2.24, 2.45) is 5.92 Å². The van der Waals surface area contributed by atoms with Gasteiger partial charge in [0.1, 0.15) is 0 Å². The zero-order valence-corrected chi connectivity index (χ0v) is 13.2. The number of carbonyl (C=O) groups is 2. The summed E-state index contributed by atoms with van der Waals surface area (Å²) in [5.74, 6) is -1.39. The molecule has 1 N–H and O–H groups in total. The fourth-order valence-corrected chi connectivity index (χ4v) is 3.45. The topological polar surface area (TPSA) is 66.8 Å². The lowest BCUT2D eigenvalue weighted by molar-refractivity contribution is -0.148. The number of nitrogens with zero attached hydrogens (tertiary/aromatic N) is 1. The van der Waals surface area contributed by atoms with Crippen LogP contribution in [0.15, 0.2) is 30.3 Å². The molecular weight excluding hydrogens is 294 g/mol. The number of hydrogen-bond acceptors (Lipinski definition) is 3. The molecule has 23 heavy (non-hydrogen) atoms. The van der Waals surface area contributed by atoms with E-state index in [1.54, 1.807) is 4.90 Å². The van der Waals surface area contributed by atoms with Crippen molar-refractivity contribution in [2.45, 2.75) is 44.3 Å². The molecule has 5 heteroatoms. The molecule has 2 unspecified atom stereocenters. The molecule has 1 heterocycles. The van der Waals surface area contributed by atoms with Crippen molar-refractivity contribution in [2.75, 3.05) is 13.1 Å². The Morgan fingerprint density at radius 3 is 2.43 bits per heavy atom. The van der Waals surface area contributed by atoms with Crippen molar-refractivity contribution in [1.82, 2.24) is 4.90 Å². The summed E-state index contributed by atoms with van der Waals surface area (Å²) in [6, 6.07) is 9.52. The summed E-state index contributed by atoms with van der Waals surface area (Å²) in [6.45, 7) is 0.776. The monoisotopic (exact) mass is 317 g/mol. The summed E-state index contributed by atoms with van der Waals surface area (Å²) in [5.41, 5.74) is 0.850. The molecule has 1 aliphatic carbocycles. The first-order chi connectivity index (χ1) is 11.1. The average Bonchev–Trinajstić information content (AvgIpc) is 3.24. The minimum absolute atomic E-state index is 0.105. The lowest BCUT2D eigenvalue weighted by atomic mass is 10.1. The number of likely N-dealkylation sites (tertiary alicyclic amines) is 1. The zero-order valence-electron chi connectivity index (χ0n) is 13.2. The lowest BCUT2D eigenvalue weighted by Crippen LogP contribution is -2.36. The molecule has 5 nitrogen and oxygen atoms in total. The van der Waals surface area contributed by atoms with E-state index in [2.05, 4.69) is 0 Å². The highest BCUT2D eigenvalue weighted by Crippen LogP contribution is 2.30. The first kappa shape index (κ1) is 16.0. The number of carboxylic acid groups (broad SMARTS) is 1. The van der Waals surface area contributed by atoms with E-state index in [1.807, 2.05) is 30.3 Å². The van der Waals surface area contributed by atoms with Gasteiger partial charge in [-0.15, -0.1) is 0 Å². The van der Waals surface area contributed by atoms with Gasteiger partial charge in [0.2, 0.25) is 0 Å². The van der Waals surface area contributed by atoms with Crippen molar-refractivity contribution in [1.29, 1.82) is 0 Å². The average molecular weight is 317 g/mol. The summed E-state index contributed by atoms with van der Waals surface area (Å²) in [5, 5.41) is 9.13. The highest BCUT2D eigenvalue weighted by Gasteiger charge is 2.36. The van der Waals surface area contributed by atoms with Gasteiger partial charge in [-0.1, -0.05) is 43.2 Å². The Labute approximate surface area is 136 Å². The number of carboxylic acids is 1. The van der Waals surface area contributed by atoms with Crippen LogP contribution in [0.1, 0.15) is 43.8 Å². The van der Waals surface area contributed by atoms with Gasteiger partial charge < -0.3 is 14.7 Å². The summed E-state index contributed by atoms with van der Waals surface area (Å²) >= 11 is 0. The number of aliphatic carboxylic acids is 1. The van der Waals surface area contributed by atoms with Crippen LogP contribution in [0.3, 0.4) is 0 Å². The summed E-state index contributed by atoms with van der Waals surface area (Å²) in [4.78, 5) is 25.7. The molecule has 0 spiro atoms. The van der Waals surface area contributed by atoms with Gasteiger partial charge in [-0.05, 0) is 24.8 Å². The van der Waals surface area contributed by atoms with Crippen LogP contribution in [-0.2, 0) is 14.3 Å². The molecule has 1 amide bonds. The van der Waals surface area contributed by atoms with E-state index >= 15 is 0 Å². The van der Waals surface area contributed by atoms with Gasteiger partial charge in [-0.3, -0.25) is 9.59 Å². The van der Waals surface area contributed by atoms with Crippen molar-refractivity contribution < 1.29 is 19.4 Å². The molecule has 0 aromatic heterocycles. The van der Waals surface area contributed by atoms with Gasteiger partial charge in [0.15, 0.2) is 6.10 Å². The number of ether oxygens (including phenoxy) is 1. The van der Waals surface area contributed by atoms with Crippen LogP contribution in [0.5, 0.6) is 0 Å². The van der Waals surface area contributed by atoms with Crippen LogP contribution in [0.4, 0.5) is 0 Å². The molecule has 3 rings (SSSR count). The largest absolute Gasteiger partial charge is 0.481 e. The molecule has 1 aliphatic heterocycles. The fourth-order valence-electron chi connectivity index (χ4n) is 3.45. The molecule has 2 fully saturated rings. The first-order valence-electron chi connectivity index (χ1n) is 8.37. The molecule has 0 bridgehead atoms. The van der Waals surface area contributed by atoms with E-state index in [1.165, 1.54) is 0 Å². The van der Waals surface area contributed by atoms with Gasteiger partial charge in [0.05, 0.1) is 12.0 Å². The van der Waals surface area contributed by atoms with Crippen molar-refractivity contribution >= 4 is 11.9 Å². The second kappa shape index (κ2) is 7.13. The minimum atomic E-state index is -0.826. The predicted molar refractivity (Wildman–Crippen MR) is 84.8 cm³/mol. The normalized spacial score (nSPS) is 23.1. The van der Waals surface area contributed by atoms with Crippen LogP contribution in [0.25, 0.3) is 0 Å². The molecule has 2 atom stereocenters. The van der Waals surface area contributed by atoms with Crippen LogP contribution >= 0.6 is 0 Å². The Kier molecular flexibility index (Phi) is 4.96. The smallest absolute Gasteiger partial charge is 0.308 e. The van der Waals surface area contributed by atoms with Crippen LogP contribution in [0, 0.1) is 5.92 Å². The number of benzene rings is 1. The third-order valence-corrected chi connectivity index (χ3v) is 4.81. The molecular formula is C18H23NO4. The highest BCUT2D eigenvalue weighted by atomic mass is 16.5. The van der Waals surface area contributed by atoms with E-state index in [-0.39, 0.29) is 18.6 Å². The second-order valence-electron chi connectivity index (χ2n) is 6.44. The number of rotatable bonds is 5. The van der Waals surface area contributed by atoms with Crippen LogP contribution < -0.4 is 0 Å². The Balaban J connectivity index is 1.74. The predicted octanol–water partition coefficient (Wildman–Crippen LogP) is 2.62. The molecule has 1 saturated carbocycles. The van der Waals surface area contributed by atoms with Crippen LogP contribution in [0.2, 0.25) is 0 Å². The van der Waals surface area contributed by atoms with Gasteiger partial charge >= 0.3 is 5.97 Å². The maximum absolute atomic E-state index is 12.9. The van der Waals surface area contributed by atoms with E-state index in [0.717, 1.165) is 31.2 Å². The minimum Gasteiger partial charge on any atom is -0.481 e. The number of carbonyl (C=O) groups excluding carboxylic acids is 1. The molecule has 1 aromatic carbocycles. The Bertz CT molecular complexity index is 553. The highest BCUT2D eigenvalue weighted by molar-refractivity contribution is 5.83. The zero-order chi connectivity index (χ0) is 16.2. The van der Waals surface area contributed by atoms with E-state index < -0.39 is 18.0 Å². The van der Waals surface area contributed by atoms with Crippen LogP contribution in [-0.4, -0.2) is 41.1 Å². The third-order valence-electron chi connectivity index (χ3n) is 4.81. The molecule has 1 aromatic rings. The van der Waals surface area contributed by atoms with E-state index in [0.29, 0.717) is 13.0 Å². The Hall–Kier alpha value is -1.88. The summed E-state index contributed by atoms with van der Waals surface area (Å²) in [7, 11) is 0. The number of amides is 1. The van der Waals surface area contributed by atoms with Gasteiger partial charge in [-0.25, -0.2) is 0 Å². The van der Waals surface area contributed by atoms with Gasteiger partial charge in [-0.2, -0.15) is 0 Å². The lowest BCUT2D eigenvalue weighted by Gasteiger charge is -2.26. The quantitative estimate of drug-likeness (QED) is 0.906. The molecule has 124 valence electrons. The Morgan fingerprint density at radius 2 is 1.83 bits per heavy atom. The van der Waals surface area contributed by atoms with Gasteiger partial charge in [0, 0.05) is 13.1 Å². The molecule has 1 saturated heterocycles. The second-order valence-corrected chi connectivity index (χ2v) is 6.44. The maximum atomic E-state index is 12.9. The third kappa shape index (κ3) is 3.72. The molecule has 2 aliphatic rings. The Morgan fingerprint density at radius 1 is 1.13 bits per heavy atom. The van der Waals surface area contributed by atoms with Crippen molar-refractivity contribution in [3.05, 3.63) is 35.9 Å². The van der Waals surface area contributed by atoms with Gasteiger partial charge in [0.25, 0.3) is 5.91 Å². The van der Waals surface area contributed by atoms with Crippen molar-refractivity contribution in [3.8, 4) is 0 Å². The fraction of sp³-hybridized carbons (Fsp3) is 0.556. The first-order valence-corrected chi connectivity index (χ1v) is 8.37. The summed E-state index contributed by atoms with van der Waals surface area (Å²) < 4.78 is 6.13. The van der Waals surface area contributed by atoms with E-state index in [4.69, 9.17) is 9.84 Å². The standard InChI is InChI=1S/C18H23NO4/c20-17(19-11-10-14(12-19)18(21)22)16(13-6-2-1-3-7-13)23-15-8-4-5-9-15/h1-3,6-7,14-16H,4-5,8-12H2,(H,21,22). The maximum Gasteiger partial charge on any atom is 0.308 e. The SMILES string of the molecule is O=C(O)C1CCN(C(=O)C(OC2CCCC2)c2ccccc2)C1. The van der Waals surface area contributed by atoms with E-state index in [9.17, 15) is 9.59 Å². The molecule has 0 radical (unpaired) electrons. The summed E-state index contributed by atoms with van der Waals surface area (Å²) in [6.07, 6.45) is 4.30.